The van der Waals surface area contributed by atoms with Gasteiger partial charge in [-0.1, -0.05) is 30.7 Å². The van der Waals surface area contributed by atoms with Gasteiger partial charge in [-0.2, -0.15) is 0 Å². The minimum absolute atomic E-state index is 0. The smallest absolute Gasteiger partial charge is 0.231 e. The van der Waals surface area contributed by atoms with E-state index in [1.807, 2.05) is 43.4 Å². The van der Waals surface area contributed by atoms with E-state index in [0.717, 1.165) is 36.0 Å². The number of anilines is 2. The van der Waals surface area contributed by atoms with Gasteiger partial charge in [0, 0.05) is 11.6 Å². The molecule has 1 aliphatic rings. The van der Waals surface area contributed by atoms with E-state index in [0.29, 0.717) is 10.9 Å². The SMILES string of the molecule is CNCC(C)CN1c2ccccc2OCOc2ccc(Cl)cc21.Cl. The van der Waals surface area contributed by atoms with E-state index in [1.54, 1.807) is 0 Å². The molecule has 2 aromatic carbocycles. The molecule has 2 aromatic rings. The Morgan fingerprint density at radius 2 is 1.83 bits per heavy atom. The van der Waals surface area contributed by atoms with Gasteiger partial charge in [0.1, 0.15) is 11.5 Å². The van der Waals surface area contributed by atoms with E-state index >= 15 is 0 Å². The minimum atomic E-state index is 0. The predicted octanol–water partition coefficient (Wildman–Crippen LogP) is 4.48. The third-order valence-corrected chi connectivity index (χ3v) is 4.08. The summed E-state index contributed by atoms with van der Waals surface area (Å²) in [4.78, 5) is 2.22. The standard InChI is InChI=1S/C18H21ClN2O2.ClH/c1-13(10-20-2)11-21-15-5-3-4-6-17(15)22-12-23-18-8-7-14(19)9-16(18)21;/h3-9,13,20H,10-12H2,1-2H3;1H. The Kier molecular flexibility index (Phi) is 6.60. The highest BCUT2D eigenvalue weighted by Crippen LogP contribution is 2.41. The zero-order chi connectivity index (χ0) is 16.2. The van der Waals surface area contributed by atoms with Crippen LogP contribution in [-0.2, 0) is 0 Å². The van der Waals surface area contributed by atoms with Crippen LogP contribution in [0.4, 0.5) is 11.4 Å². The molecule has 3 rings (SSSR count). The highest BCUT2D eigenvalue weighted by atomic mass is 35.5. The second-order valence-corrected chi connectivity index (χ2v) is 6.20. The van der Waals surface area contributed by atoms with Crippen molar-refractivity contribution in [2.75, 3.05) is 31.8 Å². The Hall–Kier alpha value is -1.62. The molecule has 1 N–H and O–H groups in total. The van der Waals surface area contributed by atoms with Crippen LogP contribution in [0.2, 0.25) is 5.02 Å². The third-order valence-electron chi connectivity index (χ3n) is 3.84. The van der Waals surface area contributed by atoms with Gasteiger partial charge in [0.05, 0.1) is 11.4 Å². The number of hydrogen-bond acceptors (Lipinski definition) is 4. The molecule has 24 heavy (non-hydrogen) atoms. The van der Waals surface area contributed by atoms with Crippen LogP contribution in [0.5, 0.6) is 11.5 Å². The first kappa shape index (κ1) is 18.7. The zero-order valence-corrected chi connectivity index (χ0v) is 15.4. The number of fused-ring (bicyclic) bond motifs is 2. The Balaban J connectivity index is 0.00000208. The van der Waals surface area contributed by atoms with Crippen molar-refractivity contribution in [1.82, 2.24) is 5.32 Å². The van der Waals surface area contributed by atoms with E-state index in [2.05, 4.69) is 23.2 Å². The molecule has 0 fully saturated rings. The lowest BCUT2D eigenvalue weighted by Gasteiger charge is -2.32. The van der Waals surface area contributed by atoms with Crippen molar-refractivity contribution in [3.05, 3.63) is 47.5 Å². The van der Waals surface area contributed by atoms with Crippen molar-refractivity contribution in [3.8, 4) is 11.5 Å². The van der Waals surface area contributed by atoms with Gasteiger partial charge in [0.15, 0.2) is 0 Å². The summed E-state index contributed by atoms with van der Waals surface area (Å²) in [6.07, 6.45) is 0. The normalized spacial score (nSPS) is 14.0. The second kappa shape index (κ2) is 8.47. The van der Waals surface area contributed by atoms with Crippen LogP contribution in [0, 0.1) is 5.92 Å². The molecular formula is C18H22Cl2N2O2. The van der Waals surface area contributed by atoms with Crippen LogP contribution in [0.25, 0.3) is 0 Å². The first-order valence-electron chi connectivity index (χ1n) is 7.75. The van der Waals surface area contributed by atoms with Gasteiger partial charge in [-0.05, 0) is 49.8 Å². The van der Waals surface area contributed by atoms with Crippen LogP contribution >= 0.6 is 24.0 Å². The summed E-state index contributed by atoms with van der Waals surface area (Å²) >= 11 is 6.24. The summed E-state index contributed by atoms with van der Waals surface area (Å²) in [6.45, 7) is 4.16. The Bertz CT molecular complexity index is 682. The predicted molar refractivity (Wildman–Crippen MR) is 101 cm³/mol. The quantitative estimate of drug-likeness (QED) is 0.862. The maximum atomic E-state index is 6.24. The van der Waals surface area contributed by atoms with Crippen LogP contribution in [-0.4, -0.2) is 26.9 Å². The van der Waals surface area contributed by atoms with Crippen LogP contribution in [0.3, 0.4) is 0 Å². The van der Waals surface area contributed by atoms with Gasteiger partial charge >= 0.3 is 0 Å². The minimum Gasteiger partial charge on any atom is -0.455 e. The molecule has 6 heteroatoms. The number of ether oxygens (including phenoxy) is 2. The highest BCUT2D eigenvalue weighted by molar-refractivity contribution is 6.31. The van der Waals surface area contributed by atoms with Gasteiger partial charge in [-0.15, -0.1) is 12.4 Å². The summed E-state index contributed by atoms with van der Waals surface area (Å²) in [5.74, 6) is 2.04. The summed E-state index contributed by atoms with van der Waals surface area (Å²) in [6, 6.07) is 13.7. The lowest BCUT2D eigenvalue weighted by molar-refractivity contribution is 0.119. The number of rotatable bonds is 4. The number of nitrogens with zero attached hydrogens (tertiary/aromatic N) is 1. The average Bonchev–Trinajstić information content (AvgIpc) is 2.53. The van der Waals surface area contributed by atoms with Crippen LogP contribution in [0.1, 0.15) is 6.92 Å². The fourth-order valence-corrected chi connectivity index (χ4v) is 3.00. The molecular weight excluding hydrogens is 347 g/mol. The molecule has 0 radical (unpaired) electrons. The van der Waals surface area contributed by atoms with E-state index in [4.69, 9.17) is 21.1 Å². The van der Waals surface area contributed by atoms with E-state index in [9.17, 15) is 0 Å². The summed E-state index contributed by atoms with van der Waals surface area (Å²) in [5, 5.41) is 3.92. The molecule has 0 aromatic heterocycles. The van der Waals surface area contributed by atoms with Crippen molar-refractivity contribution < 1.29 is 9.47 Å². The molecule has 0 saturated heterocycles. The fraction of sp³-hybridized carbons (Fsp3) is 0.333. The largest absolute Gasteiger partial charge is 0.455 e. The van der Waals surface area contributed by atoms with Gasteiger partial charge in [0.25, 0.3) is 0 Å². The maximum Gasteiger partial charge on any atom is 0.231 e. The van der Waals surface area contributed by atoms with Crippen molar-refractivity contribution in [2.24, 2.45) is 5.92 Å². The van der Waals surface area contributed by atoms with Gasteiger partial charge in [-0.25, -0.2) is 0 Å². The van der Waals surface area contributed by atoms with E-state index < -0.39 is 0 Å². The van der Waals surface area contributed by atoms with E-state index in [1.165, 1.54) is 0 Å². The van der Waals surface area contributed by atoms with Gasteiger partial charge in [0.2, 0.25) is 6.79 Å². The molecule has 0 bridgehead atoms. The molecule has 1 heterocycles. The van der Waals surface area contributed by atoms with Crippen molar-refractivity contribution in [1.29, 1.82) is 0 Å². The van der Waals surface area contributed by atoms with Crippen molar-refractivity contribution in [2.45, 2.75) is 6.92 Å². The molecule has 1 aliphatic heterocycles. The summed E-state index contributed by atoms with van der Waals surface area (Å²) in [7, 11) is 1.97. The molecule has 1 atom stereocenters. The number of para-hydroxylation sites is 2. The molecule has 1 unspecified atom stereocenters. The fourth-order valence-electron chi connectivity index (χ4n) is 2.83. The molecule has 4 nitrogen and oxygen atoms in total. The topological polar surface area (TPSA) is 33.7 Å². The summed E-state index contributed by atoms with van der Waals surface area (Å²) in [5.41, 5.74) is 2.00. The first-order chi connectivity index (χ1) is 11.2. The maximum absolute atomic E-state index is 6.24. The Morgan fingerprint density at radius 3 is 2.58 bits per heavy atom. The number of hydrogen-bond donors (Lipinski definition) is 1. The third kappa shape index (κ3) is 4.07. The highest BCUT2D eigenvalue weighted by Gasteiger charge is 2.22. The Labute approximate surface area is 154 Å². The van der Waals surface area contributed by atoms with Crippen molar-refractivity contribution >= 4 is 35.4 Å². The summed E-state index contributed by atoms with van der Waals surface area (Å²) < 4.78 is 11.5. The molecule has 130 valence electrons. The zero-order valence-electron chi connectivity index (χ0n) is 13.8. The molecule has 0 saturated carbocycles. The Morgan fingerprint density at radius 1 is 1.12 bits per heavy atom. The van der Waals surface area contributed by atoms with Gasteiger partial charge < -0.3 is 19.7 Å². The lowest BCUT2D eigenvalue weighted by atomic mass is 10.1. The average molecular weight is 369 g/mol. The second-order valence-electron chi connectivity index (χ2n) is 5.76. The number of halogens is 2. The molecule has 0 amide bonds. The first-order valence-corrected chi connectivity index (χ1v) is 8.13. The number of nitrogens with one attached hydrogen (secondary N) is 1. The van der Waals surface area contributed by atoms with Gasteiger partial charge in [-0.3, -0.25) is 0 Å². The molecule has 0 spiro atoms. The van der Waals surface area contributed by atoms with Crippen molar-refractivity contribution in [3.63, 3.8) is 0 Å². The van der Waals surface area contributed by atoms with Crippen LogP contribution < -0.4 is 19.7 Å². The number of benzene rings is 2. The molecule has 0 aliphatic carbocycles. The monoisotopic (exact) mass is 368 g/mol. The van der Waals surface area contributed by atoms with E-state index in [-0.39, 0.29) is 19.2 Å². The lowest BCUT2D eigenvalue weighted by Crippen LogP contribution is -2.31. The van der Waals surface area contributed by atoms with Crippen LogP contribution in [0.15, 0.2) is 42.5 Å².